The number of hydrogen-bond acceptors (Lipinski definition) is 2. The van der Waals surface area contributed by atoms with Crippen LogP contribution in [0.1, 0.15) is 18.1 Å². The molecule has 6 aromatic heterocycles. The molecule has 8 nitrogen and oxygen atoms in total. The molecule has 15 aromatic rings. The fraction of sp³-hybridized carbons (Fsp3) is 0.129. The molecular formula is C62H48F5N7O. The number of methoxy groups -OCH3 is 1. The number of fused-ring (bicyclic) bond motifs is 18. The van der Waals surface area contributed by atoms with Gasteiger partial charge in [-0.15, -0.1) is 0 Å². The highest BCUT2D eigenvalue weighted by atomic mass is 19.4. The SMILES string of the molecule is CCc1c2[nH]c3ccccc3c2cc2c1[nH]c1ccccc12.COc1c2[nH]c3ccc(F)cc3c2cc2c3cc(F)ccc3n(CCN(C)C)c12.FC(F)(F)c1c2[nH]c3ccccc3c2cc2c1[nH]c1ccccc12. The first-order valence-electron chi connectivity index (χ1n) is 24.9. The summed E-state index contributed by atoms with van der Waals surface area (Å²) >= 11 is 0. The van der Waals surface area contributed by atoms with Crippen LogP contribution in [0.15, 0.2) is 152 Å². The Morgan fingerprint density at radius 1 is 0.467 bits per heavy atom. The Balaban J connectivity index is 0.000000109. The fourth-order valence-electron chi connectivity index (χ4n) is 11.6. The number of nitrogens with zero attached hydrogens (tertiary/aromatic N) is 2. The molecule has 0 aliphatic heterocycles. The molecule has 6 heterocycles. The molecule has 0 spiro atoms. The largest absolute Gasteiger partial charge is 0.492 e. The van der Waals surface area contributed by atoms with Gasteiger partial charge in [-0.3, -0.25) is 0 Å². The van der Waals surface area contributed by atoms with Gasteiger partial charge in [-0.05, 0) is 99.4 Å². The number of ether oxygens (including phenoxy) is 1. The van der Waals surface area contributed by atoms with Crippen molar-refractivity contribution in [2.45, 2.75) is 26.1 Å². The molecule has 0 aliphatic rings. The van der Waals surface area contributed by atoms with E-state index in [4.69, 9.17) is 4.74 Å². The molecule has 0 amide bonds. The molecule has 0 fully saturated rings. The highest BCUT2D eigenvalue weighted by Gasteiger charge is 2.37. The Kier molecular flexibility index (Phi) is 10.7. The lowest BCUT2D eigenvalue weighted by Crippen LogP contribution is -2.18. The molecule has 0 radical (unpaired) electrons. The van der Waals surface area contributed by atoms with Crippen molar-refractivity contribution in [2.24, 2.45) is 0 Å². The molecule has 0 atom stereocenters. The van der Waals surface area contributed by atoms with E-state index < -0.39 is 11.7 Å². The first kappa shape index (κ1) is 46.0. The summed E-state index contributed by atoms with van der Waals surface area (Å²) < 4.78 is 77.7. The van der Waals surface area contributed by atoms with Gasteiger partial charge in [0.15, 0.2) is 5.75 Å². The van der Waals surface area contributed by atoms with Crippen LogP contribution in [-0.4, -0.2) is 62.1 Å². The minimum Gasteiger partial charge on any atom is -0.492 e. The summed E-state index contributed by atoms with van der Waals surface area (Å²) in [5.74, 6) is 0.106. The standard InChI is InChI=1S/C23H21F2N3O.C20H16N2.C19H11F3N2/c1-27(2)8-9-28-20-7-5-14(25)11-16(20)18-12-17-15-10-13(24)4-6-19(15)26-21(17)23(29-3)22(18)28;1-2-12-19-15(13-7-3-5-9-17(13)21-19)11-16-14-8-4-6-10-18(14)22-20(12)16;20-19(21,22)16-17-12(10-5-1-3-7-14(10)23-17)9-13-11-6-2-4-8-15(11)24-18(13)16/h4-7,10-12,26H,8-9H2,1-3H3;3-11,21-22H,2H2,1H3;1-9,23-24H. The summed E-state index contributed by atoms with van der Waals surface area (Å²) in [5.41, 5.74) is 10.9. The van der Waals surface area contributed by atoms with Crippen molar-refractivity contribution < 1.29 is 26.7 Å². The van der Waals surface area contributed by atoms with Gasteiger partial charge in [0.2, 0.25) is 0 Å². The number of nitrogens with one attached hydrogen (secondary N) is 5. The molecule has 13 heteroatoms. The van der Waals surface area contributed by atoms with E-state index in [9.17, 15) is 22.0 Å². The molecule has 0 bridgehead atoms. The van der Waals surface area contributed by atoms with Crippen molar-refractivity contribution in [3.63, 3.8) is 0 Å². The van der Waals surface area contributed by atoms with Gasteiger partial charge in [-0.1, -0.05) is 79.7 Å². The van der Waals surface area contributed by atoms with E-state index in [0.29, 0.717) is 27.6 Å². The van der Waals surface area contributed by atoms with Gasteiger partial charge in [0.1, 0.15) is 17.2 Å². The van der Waals surface area contributed by atoms with Gasteiger partial charge in [-0.25, -0.2) is 8.78 Å². The molecule has 0 saturated heterocycles. The first-order chi connectivity index (χ1) is 36.4. The number of rotatable bonds is 5. The van der Waals surface area contributed by atoms with Crippen molar-refractivity contribution in [3.8, 4) is 5.75 Å². The monoisotopic (exact) mass is 1000 g/mol. The second kappa shape index (κ2) is 17.4. The predicted molar refractivity (Wildman–Crippen MR) is 299 cm³/mol. The van der Waals surface area contributed by atoms with E-state index in [1.807, 2.05) is 68.7 Å². The average Bonchev–Trinajstić information content (AvgIpc) is 4.31. The number of hydrogen-bond donors (Lipinski definition) is 5. The lowest BCUT2D eigenvalue weighted by molar-refractivity contribution is -0.135. The minimum absolute atomic E-state index is 0.128. The van der Waals surface area contributed by atoms with Crippen LogP contribution in [0.3, 0.4) is 0 Å². The molecule has 9 aromatic carbocycles. The molecule has 372 valence electrons. The third-order valence-electron chi connectivity index (χ3n) is 14.9. The highest BCUT2D eigenvalue weighted by molar-refractivity contribution is 6.23. The minimum atomic E-state index is -4.46. The Bertz CT molecular complexity index is 4580. The Morgan fingerprint density at radius 2 is 0.880 bits per heavy atom. The van der Waals surface area contributed by atoms with Gasteiger partial charge in [0.05, 0.1) is 40.2 Å². The van der Waals surface area contributed by atoms with Crippen molar-refractivity contribution in [1.82, 2.24) is 34.4 Å². The molecule has 15 rings (SSSR count). The molecule has 0 aliphatic carbocycles. The Hall–Kier alpha value is -8.81. The fourth-order valence-corrected chi connectivity index (χ4v) is 11.6. The molecule has 75 heavy (non-hydrogen) atoms. The van der Waals surface area contributed by atoms with Crippen molar-refractivity contribution in [3.05, 3.63) is 174 Å². The van der Waals surface area contributed by atoms with Crippen molar-refractivity contribution >= 4 is 131 Å². The third kappa shape index (κ3) is 7.35. The number of alkyl halides is 3. The summed E-state index contributed by atoms with van der Waals surface area (Å²) in [6.45, 7) is 3.79. The van der Waals surface area contributed by atoms with Crippen LogP contribution in [-0.2, 0) is 19.1 Å². The highest BCUT2D eigenvalue weighted by Crippen LogP contribution is 2.45. The quantitative estimate of drug-likeness (QED) is 0.111. The van der Waals surface area contributed by atoms with E-state index in [0.717, 1.165) is 73.9 Å². The van der Waals surface area contributed by atoms with Crippen molar-refractivity contribution in [1.29, 1.82) is 0 Å². The van der Waals surface area contributed by atoms with Crippen LogP contribution in [0.5, 0.6) is 5.75 Å². The molecule has 0 unspecified atom stereocenters. The van der Waals surface area contributed by atoms with Gasteiger partial charge in [0.25, 0.3) is 0 Å². The average molecular weight is 1000 g/mol. The van der Waals surface area contributed by atoms with Gasteiger partial charge in [0, 0.05) is 116 Å². The summed E-state index contributed by atoms with van der Waals surface area (Å²) in [5, 5.41) is 11.4. The van der Waals surface area contributed by atoms with Crippen LogP contribution in [0.4, 0.5) is 22.0 Å². The van der Waals surface area contributed by atoms with E-state index in [1.54, 1.807) is 31.4 Å². The lowest BCUT2D eigenvalue weighted by Gasteiger charge is -2.14. The van der Waals surface area contributed by atoms with Crippen molar-refractivity contribution in [2.75, 3.05) is 27.7 Å². The second-order valence-corrected chi connectivity index (χ2v) is 19.5. The molecule has 0 saturated carbocycles. The number of benzene rings is 9. The first-order valence-corrected chi connectivity index (χ1v) is 24.9. The van der Waals surface area contributed by atoms with Crippen LogP contribution >= 0.6 is 0 Å². The maximum Gasteiger partial charge on any atom is 0.420 e. The molecule has 5 N–H and O–H groups in total. The van der Waals surface area contributed by atoms with E-state index in [1.165, 1.54) is 67.4 Å². The van der Waals surface area contributed by atoms with Crippen LogP contribution in [0.2, 0.25) is 0 Å². The number of likely N-dealkylation sites (N-methyl/N-ethyl adjacent to an activating group) is 1. The lowest BCUT2D eigenvalue weighted by atomic mass is 10.0. The van der Waals surface area contributed by atoms with Crippen LogP contribution in [0, 0.1) is 11.6 Å². The zero-order valence-electron chi connectivity index (χ0n) is 41.2. The normalized spacial score (nSPS) is 12.3. The smallest absolute Gasteiger partial charge is 0.420 e. The molecular weight excluding hydrogens is 954 g/mol. The summed E-state index contributed by atoms with van der Waals surface area (Å²) in [4.78, 5) is 18.6. The summed E-state index contributed by atoms with van der Waals surface area (Å²) in [7, 11) is 5.68. The summed E-state index contributed by atoms with van der Waals surface area (Å²) in [6.07, 6.45) is -3.45. The zero-order chi connectivity index (χ0) is 51.4. The van der Waals surface area contributed by atoms with Crippen LogP contribution in [0.25, 0.3) is 131 Å². The van der Waals surface area contributed by atoms with Gasteiger partial charge in [-0.2, -0.15) is 13.2 Å². The second-order valence-electron chi connectivity index (χ2n) is 19.5. The maximum atomic E-state index is 14.1. The van der Waals surface area contributed by atoms with E-state index in [-0.39, 0.29) is 22.7 Å². The van der Waals surface area contributed by atoms with Crippen LogP contribution < -0.4 is 4.74 Å². The maximum absolute atomic E-state index is 14.1. The number of para-hydroxylation sites is 4. The number of aryl methyl sites for hydroxylation is 1. The van der Waals surface area contributed by atoms with Gasteiger partial charge >= 0.3 is 6.18 Å². The van der Waals surface area contributed by atoms with E-state index in [2.05, 4.69) is 95.9 Å². The third-order valence-corrected chi connectivity index (χ3v) is 14.9. The number of aromatic nitrogens is 6. The zero-order valence-corrected chi connectivity index (χ0v) is 41.2. The number of H-pyrrole nitrogens is 5. The number of aromatic amines is 5. The summed E-state index contributed by atoms with van der Waals surface area (Å²) in [6, 6.07) is 47.4. The predicted octanol–water partition coefficient (Wildman–Crippen LogP) is 16.8. The number of halogens is 5. The topological polar surface area (TPSA) is 96.3 Å². The van der Waals surface area contributed by atoms with E-state index >= 15 is 0 Å². The Morgan fingerprint density at radius 3 is 1.36 bits per heavy atom. The Labute approximate surface area is 424 Å². The van der Waals surface area contributed by atoms with Gasteiger partial charge < -0.3 is 39.1 Å².